The number of ketones is 1. The molecule has 2 fully saturated rings. The SMILES string of the molecule is CCC(C=CC(=O)CCc1cc(OC2CCCC2)c(O)c(C2C3CC(C)CCC3=CC(CCN=C(N)N)C2COC)c1)CCO. The second kappa shape index (κ2) is 17.2. The summed E-state index contributed by atoms with van der Waals surface area (Å²) in [6.45, 7) is 5.62. The maximum atomic E-state index is 12.9. The summed E-state index contributed by atoms with van der Waals surface area (Å²) in [4.78, 5) is 17.2. The smallest absolute Gasteiger partial charge is 0.185 e. The average Bonchev–Trinajstić information content (AvgIpc) is 3.53. The summed E-state index contributed by atoms with van der Waals surface area (Å²) in [6.07, 6.45) is 17.0. The molecule has 6 N–H and O–H groups in total. The number of fused-ring (bicyclic) bond motifs is 1. The molecule has 250 valence electrons. The second-order valence-electron chi connectivity index (χ2n) is 13.7. The van der Waals surface area contributed by atoms with Crippen molar-refractivity contribution >= 4 is 11.7 Å². The zero-order valence-electron chi connectivity index (χ0n) is 27.8. The first-order valence-corrected chi connectivity index (χ1v) is 17.3. The molecule has 0 saturated heterocycles. The van der Waals surface area contributed by atoms with Gasteiger partial charge in [0.15, 0.2) is 23.2 Å². The van der Waals surface area contributed by atoms with Crippen LogP contribution in [0.5, 0.6) is 11.5 Å². The maximum Gasteiger partial charge on any atom is 0.185 e. The van der Waals surface area contributed by atoms with E-state index >= 15 is 0 Å². The highest BCUT2D eigenvalue weighted by Gasteiger charge is 2.44. The lowest BCUT2D eigenvalue weighted by atomic mass is 9.59. The van der Waals surface area contributed by atoms with E-state index in [2.05, 4.69) is 31.0 Å². The van der Waals surface area contributed by atoms with E-state index in [4.69, 9.17) is 20.9 Å². The van der Waals surface area contributed by atoms with Gasteiger partial charge in [0.1, 0.15) is 0 Å². The van der Waals surface area contributed by atoms with Gasteiger partial charge >= 0.3 is 0 Å². The van der Waals surface area contributed by atoms with E-state index in [0.717, 1.165) is 62.5 Å². The zero-order valence-corrected chi connectivity index (χ0v) is 27.8. The molecule has 3 aliphatic rings. The van der Waals surface area contributed by atoms with E-state index in [-0.39, 0.29) is 53.9 Å². The second-order valence-corrected chi connectivity index (χ2v) is 13.7. The van der Waals surface area contributed by atoms with Gasteiger partial charge in [-0.15, -0.1) is 0 Å². The van der Waals surface area contributed by atoms with Gasteiger partial charge in [-0.2, -0.15) is 0 Å². The molecule has 1 aromatic carbocycles. The number of aliphatic hydroxyl groups excluding tert-OH is 1. The van der Waals surface area contributed by atoms with E-state index < -0.39 is 0 Å². The number of phenols is 1. The molecule has 1 aromatic rings. The van der Waals surface area contributed by atoms with E-state index in [1.54, 1.807) is 13.2 Å². The van der Waals surface area contributed by atoms with Crippen LogP contribution in [-0.4, -0.2) is 54.9 Å². The van der Waals surface area contributed by atoms with Crippen LogP contribution in [0.25, 0.3) is 0 Å². The normalized spacial score (nSPS) is 26.0. The maximum absolute atomic E-state index is 12.9. The number of nitrogens with zero attached hydrogens (tertiary/aromatic N) is 1. The van der Waals surface area contributed by atoms with Gasteiger partial charge in [0, 0.05) is 32.2 Å². The lowest BCUT2D eigenvalue weighted by molar-refractivity contribution is -0.114. The number of rotatable bonds is 16. The Balaban J connectivity index is 1.71. The fourth-order valence-corrected chi connectivity index (χ4v) is 7.92. The molecule has 8 heteroatoms. The van der Waals surface area contributed by atoms with E-state index in [1.807, 2.05) is 12.1 Å². The van der Waals surface area contributed by atoms with Crippen LogP contribution in [0, 0.1) is 29.6 Å². The van der Waals surface area contributed by atoms with Crippen LogP contribution in [-0.2, 0) is 16.0 Å². The molecular weight excluding hydrogens is 566 g/mol. The lowest BCUT2D eigenvalue weighted by Gasteiger charge is -2.46. The monoisotopic (exact) mass is 623 g/mol. The van der Waals surface area contributed by atoms with Crippen LogP contribution in [0.3, 0.4) is 0 Å². The number of hydrogen-bond acceptors (Lipinski definition) is 6. The Kier molecular flexibility index (Phi) is 13.4. The fourth-order valence-electron chi connectivity index (χ4n) is 7.92. The molecule has 3 aliphatic carbocycles. The third kappa shape index (κ3) is 9.58. The first-order chi connectivity index (χ1) is 21.7. The molecule has 45 heavy (non-hydrogen) atoms. The van der Waals surface area contributed by atoms with Crippen molar-refractivity contribution in [3.63, 3.8) is 0 Å². The van der Waals surface area contributed by atoms with Crippen LogP contribution in [0.15, 0.2) is 40.9 Å². The molecule has 0 aromatic heterocycles. The van der Waals surface area contributed by atoms with Crippen molar-refractivity contribution in [2.24, 2.45) is 46.0 Å². The standard InChI is InChI=1S/C37H57N3O5/c1-4-25(16-18-41)10-13-29(42)14-11-26-20-32(36(43)34(21-26)45-30-7-5-6-8-30)35-31-19-24(2)9-12-27(31)22-28(33(35)23-44-3)15-17-40-37(38)39/h10,13,20-22,24-25,28,30-31,33,35,41,43H,4-9,11-12,14-19,23H2,1-3H3,(H4,38,39,40). The molecule has 0 aliphatic heterocycles. The van der Waals surface area contributed by atoms with Gasteiger partial charge < -0.3 is 31.2 Å². The van der Waals surface area contributed by atoms with Gasteiger partial charge in [-0.1, -0.05) is 37.6 Å². The van der Waals surface area contributed by atoms with Crippen LogP contribution in [0.4, 0.5) is 0 Å². The van der Waals surface area contributed by atoms with Crippen LogP contribution >= 0.6 is 0 Å². The molecule has 0 bridgehead atoms. The third-order valence-electron chi connectivity index (χ3n) is 10.4. The minimum absolute atomic E-state index is 0.0437. The van der Waals surface area contributed by atoms with Crippen molar-refractivity contribution in [1.82, 2.24) is 0 Å². The van der Waals surface area contributed by atoms with Crippen molar-refractivity contribution < 1.29 is 24.5 Å². The molecule has 6 unspecified atom stereocenters. The van der Waals surface area contributed by atoms with E-state index in [9.17, 15) is 15.0 Å². The predicted molar refractivity (Wildman–Crippen MR) is 180 cm³/mol. The number of ether oxygens (including phenoxy) is 2. The Morgan fingerprint density at radius 3 is 2.67 bits per heavy atom. The fraction of sp³-hybridized carbons (Fsp3) is 0.676. The first-order valence-electron chi connectivity index (χ1n) is 17.3. The summed E-state index contributed by atoms with van der Waals surface area (Å²) >= 11 is 0. The van der Waals surface area contributed by atoms with E-state index in [0.29, 0.717) is 50.0 Å². The van der Waals surface area contributed by atoms with Gasteiger partial charge in [0.05, 0.1) is 12.7 Å². The third-order valence-corrected chi connectivity index (χ3v) is 10.4. The number of nitrogens with two attached hydrogens (primary N) is 2. The van der Waals surface area contributed by atoms with Crippen LogP contribution in [0.1, 0.15) is 102 Å². The predicted octanol–water partition coefficient (Wildman–Crippen LogP) is 6.18. The lowest BCUT2D eigenvalue weighted by Crippen LogP contribution is -2.38. The van der Waals surface area contributed by atoms with Gasteiger partial charge in [-0.25, -0.2) is 0 Å². The molecule has 6 atom stereocenters. The summed E-state index contributed by atoms with van der Waals surface area (Å²) in [5, 5.41) is 21.3. The number of methoxy groups -OCH3 is 1. The molecule has 0 amide bonds. The minimum Gasteiger partial charge on any atom is -0.504 e. The molecule has 0 spiro atoms. The van der Waals surface area contributed by atoms with Crippen molar-refractivity contribution in [1.29, 1.82) is 0 Å². The molecule has 0 radical (unpaired) electrons. The highest BCUT2D eigenvalue weighted by Crippen LogP contribution is 2.55. The number of carbonyl (C=O) groups excluding carboxylic acids is 1. The Labute approximate surface area is 270 Å². The van der Waals surface area contributed by atoms with Crippen LogP contribution < -0.4 is 16.2 Å². The van der Waals surface area contributed by atoms with Gasteiger partial charge in [0.2, 0.25) is 0 Å². The molecule has 4 rings (SSSR count). The zero-order chi connectivity index (χ0) is 32.3. The molecule has 8 nitrogen and oxygen atoms in total. The number of aliphatic imine (C=N–C) groups is 1. The first kappa shape index (κ1) is 35.0. The Morgan fingerprint density at radius 2 is 1.98 bits per heavy atom. The minimum atomic E-state index is 0.0437. The Hall–Kier alpha value is -2.84. The number of aromatic hydroxyl groups is 1. The summed E-state index contributed by atoms with van der Waals surface area (Å²) in [5.41, 5.74) is 14.7. The summed E-state index contributed by atoms with van der Waals surface area (Å²) in [7, 11) is 1.75. The number of phenolic OH excluding ortho intramolecular Hbond substituents is 1. The van der Waals surface area contributed by atoms with Crippen molar-refractivity contribution in [2.75, 3.05) is 26.9 Å². The quantitative estimate of drug-likeness (QED) is 0.0746. The van der Waals surface area contributed by atoms with Gasteiger partial charge in [-0.3, -0.25) is 9.79 Å². The summed E-state index contributed by atoms with van der Waals surface area (Å²) in [5.74, 6) is 2.43. The number of aliphatic hydroxyl groups is 1. The largest absolute Gasteiger partial charge is 0.504 e. The number of aryl methyl sites for hydroxylation is 1. The van der Waals surface area contributed by atoms with Crippen molar-refractivity contribution in [3.8, 4) is 11.5 Å². The number of benzene rings is 1. The van der Waals surface area contributed by atoms with Gasteiger partial charge in [-0.05, 0) is 124 Å². The summed E-state index contributed by atoms with van der Waals surface area (Å²) in [6, 6.07) is 4.09. The van der Waals surface area contributed by atoms with Crippen molar-refractivity contribution in [3.05, 3.63) is 47.1 Å². The highest BCUT2D eigenvalue weighted by molar-refractivity contribution is 5.89. The number of hydrogen-bond donors (Lipinski definition) is 4. The van der Waals surface area contributed by atoms with Crippen LogP contribution in [0.2, 0.25) is 0 Å². The Morgan fingerprint density at radius 1 is 1.20 bits per heavy atom. The van der Waals surface area contributed by atoms with Crippen molar-refractivity contribution in [2.45, 2.75) is 103 Å². The van der Waals surface area contributed by atoms with Gasteiger partial charge in [0.25, 0.3) is 0 Å². The molecule has 2 saturated carbocycles. The number of guanidine groups is 1. The topological polar surface area (TPSA) is 140 Å². The number of allylic oxidation sites excluding steroid dienone is 4. The number of carbonyl (C=O) groups is 1. The van der Waals surface area contributed by atoms with E-state index in [1.165, 1.54) is 12.0 Å². The summed E-state index contributed by atoms with van der Waals surface area (Å²) < 4.78 is 12.4. The molecular formula is C37H57N3O5. The highest BCUT2D eigenvalue weighted by atomic mass is 16.5. The average molecular weight is 624 g/mol. The Bertz CT molecular complexity index is 1200. The molecule has 0 heterocycles.